The summed E-state index contributed by atoms with van der Waals surface area (Å²) in [6, 6.07) is 0. The third kappa shape index (κ3) is 12.8. The first-order chi connectivity index (χ1) is 12.4. The van der Waals surface area contributed by atoms with Crippen LogP contribution in [0.3, 0.4) is 0 Å². The van der Waals surface area contributed by atoms with Crippen molar-refractivity contribution in [1.82, 2.24) is 0 Å². The summed E-state index contributed by atoms with van der Waals surface area (Å²) in [6.45, 7) is 6.15. The highest BCUT2D eigenvalue weighted by atomic mass is 16.6. The maximum Gasteiger partial charge on any atom is 0.306 e. The molecule has 0 aromatic heterocycles. The number of carbonyl (C=O) groups excluding carboxylic acids is 2. The van der Waals surface area contributed by atoms with Gasteiger partial charge in [-0.3, -0.25) is 9.59 Å². The molecule has 6 nitrogen and oxygen atoms in total. The Morgan fingerprint density at radius 2 is 1.69 bits per heavy atom. The van der Waals surface area contributed by atoms with Gasteiger partial charge in [0.05, 0.1) is 12.4 Å². The highest BCUT2D eigenvalue weighted by molar-refractivity contribution is 5.70. The highest BCUT2D eigenvalue weighted by Crippen LogP contribution is 2.22. The van der Waals surface area contributed by atoms with Crippen molar-refractivity contribution in [3.63, 3.8) is 0 Å². The number of ether oxygens (including phenoxy) is 2. The lowest BCUT2D eigenvalue weighted by molar-refractivity contribution is -0.159. The minimum Gasteiger partial charge on any atom is -0.513 e. The summed E-state index contributed by atoms with van der Waals surface area (Å²) >= 11 is 0. The van der Waals surface area contributed by atoms with Crippen LogP contribution in [0.1, 0.15) is 85.0 Å². The van der Waals surface area contributed by atoms with Gasteiger partial charge in [-0.05, 0) is 57.9 Å². The van der Waals surface area contributed by atoms with Gasteiger partial charge in [-0.25, -0.2) is 0 Å². The third-order valence-electron chi connectivity index (χ3n) is 4.34. The maximum absolute atomic E-state index is 11.9. The van der Waals surface area contributed by atoms with Crippen molar-refractivity contribution in [3.05, 3.63) is 11.8 Å². The first-order valence-electron chi connectivity index (χ1n) is 9.73. The third-order valence-corrected chi connectivity index (χ3v) is 4.34. The van der Waals surface area contributed by atoms with Crippen molar-refractivity contribution in [2.24, 2.45) is 0 Å². The lowest BCUT2D eigenvalue weighted by Gasteiger charge is -2.28. The number of allylic oxidation sites excluding steroid dienone is 2. The Balaban J connectivity index is 3.80. The fourth-order valence-electron chi connectivity index (χ4n) is 2.37. The lowest BCUT2D eigenvalue weighted by Crippen LogP contribution is -2.31. The number of aliphatic hydroxyl groups excluding tert-OH is 2. The smallest absolute Gasteiger partial charge is 0.306 e. The van der Waals surface area contributed by atoms with Gasteiger partial charge in [0, 0.05) is 25.9 Å². The molecule has 0 saturated heterocycles. The van der Waals surface area contributed by atoms with Gasteiger partial charge in [-0.1, -0.05) is 13.8 Å². The molecule has 0 amide bonds. The molecule has 0 bridgehead atoms. The number of aliphatic hydroxyl groups is 2. The van der Waals surface area contributed by atoms with Crippen LogP contribution in [0, 0.1) is 0 Å². The van der Waals surface area contributed by atoms with Crippen LogP contribution in [0.5, 0.6) is 0 Å². The monoisotopic (exact) mass is 372 g/mol. The zero-order valence-electron chi connectivity index (χ0n) is 16.6. The Labute approximate surface area is 157 Å². The van der Waals surface area contributed by atoms with Crippen molar-refractivity contribution < 1.29 is 29.3 Å². The van der Waals surface area contributed by atoms with Crippen LogP contribution in [0.25, 0.3) is 0 Å². The molecular weight excluding hydrogens is 336 g/mol. The molecule has 152 valence electrons. The van der Waals surface area contributed by atoms with E-state index in [9.17, 15) is 14.7 Å². The van der Waals surface area contributed by atoms with E-state index >= 15 is 0 Å². The molecule has 1 atom stereocenters. The van der Waals surface area contributed by atoms with Crippen LogP contribution in [0.15, 0.2) is 11.8 Å². The van der Waals surface area contributed by atoms with Crippen molar-refractivity contribution in [3.8, 4) is 0 Å². The molecule has 0 rings (SSSR count). The van der Waals surface area contributed by atoms with Crippen molar-refractivity contribution in [2.45, 2.75) is 90.6 Å². The van der Waals surface area contributed by atoms with Gasteiger partial charge in [0.25, 0.3) is 0 Å². The molecule has 0 aliphatic carbocycles. The molecule has 0 aliphatic heterocycles. The van der Waals surface area contributed by atoms with E-state index in [1.165, 1.54) is 0 Å². The van der Waals surface area contributed by atoms with Gasteiger partial charge >= 0.3 is 11.9 Å². The summed E-state index contributed by atoms with van der Waals surface area (Å²) in [7, 11) is 0. The SMILES string of the molecule is CC/C(O)=C/CCCOC(=O)CCCCC(=O)OC(C)(CC)CCCO. The first kappa shape index (κ1) is 24.4. The molecule has 0 spiro atoms. The summed E-state index contributed by atoms with van der Waals surface area (Å²) < 4.78 is 10.6. The predicted octanol–water partition coefficient (Wildman–Crippen LogP) is 4.21. The van der Waals surface area contributed by atoms with Gasteiger partial charge in [-0.2, -0.15) is 0 Å². The van der Waals surface area contributed by atoms with Crippen LogP contribution in [-0.2, 0) is 19.1 Å². The molecule has 0 saturated carbocycles. The average Bonchev–Trinajstić information content (AvgIpc) is 2.63. The Hall–Kier alpha value is -1.56. The number of hydrogen-bond acceptors (Lipinski definition) is 6. The van der Waals surface area contributed by atoms with E-state index < -0.39 is 5.60 Å². The maximum atomic E-state index is 11.9. The number of esters is 2. The van der Waals surface area contributed by atoms with Crippen molar-refractivity contribution >= 4 is 11.9 Å². The summed E-state index contributed by atoms with van der Waals surface area (Å²) in [4.78, 5) is 23.5. The first-order valence-corrected chi connectivity index (χ1v) is 9.73. The van der Waals surface area contributed by atoms with Gasteiger partial charge in [0.15, 0.2) is 0 Å². The second-order valence-electron chi connectivity index (χ2n) is 6.72. The van der Waals surface area contributed by atoms with Crippen LogP contribution >= 0.6 is 0 Å². The van der Waals surface area contributed by atoms with E-state index in [-0.39, 0.29) is 25.0 Å². The molecule has 0 fully saturated rings. The standard InChI is InChI=1S/C20H36O6/c1-4-17(22)11-8-9-16-25-18(23)12-6-7-13-19(24)26-20(3,5-2)14-10-15-21/h11,21-22H,4-10,12-16H2,1-3H3/b17-11-. The average molecular weight is 373 g/mol. The molecule has 0 aliphatic rings. The van der Waals surface area contributed by atoms with Crippen LogP contribution in [0.2, 0.25) is 0 Å². The number of carbonyl (C=O) groups is 2. The number of hydrogen-bond donors (Lipinski definition) is 2. The lowest BCUT2D eigenvalue weighted by atomic mass is 9.97. The molecule has 2 N–H and O–H groups in total. The van der Waals surface area contributed by atoms with E-state index in [1.54, 1.807) is 6.08 Å². The van der Waals surface area contributed by atoms with Gasteiger partial charge in [0.1, 0.15) is 5.60 Å². The minimum atomic E-state index is -0.528. The van der Waals surface area contributed by atoms with Gasteiger partial charge in [-0.15, -0.1) is 0 Å². The topological polar surface area (TPSA) is 93.1 Å². The quantitative estimate of drug-likeness (QED) is 0.254. The molecule has 6 heteroatoms. The van der Waals surface area contributed by atoms with Crippen LogP contribution in [-0.4, -0.2) is 41.0 Å². The Bertz CT molecular complexity index is 432. The summed E-state index contributed by atoms with van der Waals surface area (Å²) in [5, 5.41) is 18.2. The normalized spacial score (nSPS) is 13.9. The fourth-order valence-corrected chi connectivity index (χ4v) is 2.37. The fraction of sp³-hybridized carbons (Fsp3) is 0.800. The zero-order chi connectivity index (χ0) is 19.8. The summed E-state index contributed by atoms with van der Waals surface area (Å²) in [6.07, 6.45) is 7.42. The van der Waals surface area contributed by atoms with Gasteiger partial charge in [0.2, 0.25) is 0 Å². The van der Waals surface area contributed by atoms with Crippen LogP contribution < -0.4 is 0 Å². The number of unbranched alkanes of at least 4 members (excludes halogenated alkanes) is 2. The van der Waals surface area contributed by atoms with Crippen molar-refractivity contribution in [1.29, 1.82) is 0 Å². The van der Waals surface area contributed by atoms with Crippen molar-refractivity contribution in [2.75, 3.05) is 13.2 Å². The highest BCUT2D eigenvalue weighted by Gasteiger charge is 2.25. The van der Waals surface area contributed by atoms with Crippen LogP contribution in [0.4, 0.5) is 0 Å². The molecule has 0 aromatic carbocycles. The summed E-state index contributed by atoms with van der Waals surface area (Å²) in [5.74, 6) is -0.162. The number of rotatable bonds is 15. The van der Waals surface area contributed by atoms with E-state index in [4.69, 9.17) is 14.6 Å². The second kappa shape index (κ2) is 14.6. The van der Waals surface area contributed by atoms with Gasteiger partial charge < -0.3 is 19.7 Å². The Morgan fingerprint density at radius 1 is 1.04 bits per heavy atom. The molecule has 0 heterocycles. The molecule has 0 aromatic rings. The largest absolute Gasteiger partial charge is 0.513 e. The molecular formula is C20H36O6. The zero-order valence-corrected chi connectivity index (χ0v) is 16.6. The summed E-state index contributed by atoms with van der Waals surface area (Å²) in [5.41, 5.74) is -0.528. The van der Waals surface area contributed by atoms with E-state index in [2.05, 4.69) is 0 Å². The Kier molecular flexibility index (Phi) is 13.7. The van der Waals surface area contributed by atoms with E-state index in [1.807, 2.05) is 20.8 Å². The molecule has 1 unspecified atom stereocenters. The molecule has 0 radical (unpaired) electrons. The minimum absolute atomic E-state index is 0.0886. The Morgan fingerprint density at radius 3 is 2.27 bits per heavy atom. The van der Waals surface area contributed by atoms with E-state index in [0.29, 0.717) is 70.2 Å². The second-order valence-corrected chi connectivity index (χ2v) is 6.72. The predicted molar refractivity (Wildman–Crippen MR) is 101 cm³/mol. The molecule has 26 heavy (non-hydrogen) atoms. The van der Waals surface area contributed by atoms with E-state index in [0.717, 1.165) is 0 Å².